The number of benzene rings is 2. The Hall–Kier alpha value is -2.04. The topological polar surface area (TPSA) is 73.8 Å². The summed E-state index contributed by atoms with van der Waals surface area (Å²) in [7, 11) is 0.270. The molecular formula is C28H41ClN4O3S2. The van der Waals surface area contributed by atoms with Crippen LogP contribution in [0.4, 0.5) is 5.13 Å². The Balaban J connectivity index is 0.00000507. The number of aryl methyl sites for hydroxylation is 2. The fourth-order valence-corrected chi connectivity index (χ4v) is 6.86. The second kappa shape index (κ2) is 13.3. The lowest BCUT2D eigenvalue weighted by Crippen LogP contribution is -2.37. The van der Waals surface area contributed by atoms with E-state index in [-0.39, 0.29) is 35.0 Å². The van der Waals surface area contributed by atoms with Gasteiger partial charge in [-0.2, -0.15) is 4.31 Å². The average Bonchev–Trinajstić information content (AvgIpc) is 3.20. The van der Waals surface area contributed by atoms with Crippen LogP contribution < -0.4 is 4.90 Å². The van der Waals surface area contributed by atoms with Crippen molar-refractivity contribution in [3.05, 3.63) is 53.1 Å². The van der Waals surface area contributed by atoms with Crippen molar-refractivity contribution in [2.75, 3.05) is 45.2 Å². The molecule has 7 nitrogen and oxygen atoms in total. The van der Waals surface area contributed by atoms with Crippen LogP contribution in [0.15, 0.2) is 41.3 Å². The number of hydrogen-bond acceptors (Lipinski definition) is 6. The molecule has 1 amide bonds. The zero-order valence-corrected chi connectivity index (χ0v) is 26.1. The number of rotatable bonds is 11. The fourth-order valence-electron chi connectivity index (χ4n) is 4.03. The van der Waals surface area contributed by atoms with Crippen LogP contribution in [-0.4, -0.2) is 68.8 Å². The number of aromatic nitrogens is 1. The summed E-state index contributed by atoms with van der Waals surface area (Å²) in [5.41, 5.74) is 3.66. The Labute approximate surface area is 238 Å². The molecule has 0 saturated heterocycles. The smallest absolute Gasteiger partial charge is 0.260 e. The third-order valence-electron chi connectivity index (χ3n) is 6.12. The van der Waals surface area contributed by atoms with E-state index in [4.69, 9.17) is 4.98 Å². The lowest BCUT2D eigenvalue weighted by atomic mass is 10.1. The SMILES string of the molecule is Cc1cc2nc(N(CCN(C)C)C(=O)c3ccc(S(=O)(=O)N(CC(C)C)CC(C)C)cc3)sc2cc1C.Cl. The number of carbonyl (C=O) groups excluding carboxylic acids is 1. The number of hydrogen-bond donors (Lipinski definition) is 0. The van der Waals surface area contributed by atoms with E-state index in [0.717, 1.165) is 15.8 Å². The molecule has 10 heteroatoms. The molecule has 1 aromatic heterocycles. The van der Waals surface area contributed by atoms with E-state index in [1.807, 2.05) is 46.7 Å². The van der Waals surface area contributed by atoms with Crippen LogP contribution in [0, 0.1) is 25.7 Å². The number of amides is 1. The highest BCUT2D eigenvalue weighted by atomic mass is 35.5. The highest BCUT2D eigenvalue weighted by molar-refractivity contribution is 7.89. The molecule has 3 rings (SSSR count). The van der Waals surface area contributed by atoms with E-state index in [0.29, 0.717) is 36.9 Å². The number of fused-ring (bicyclic) bond motifs is 1. The molecule has 0 unspecified atom stereocenters. The molecule has 0 N–H and O–H groups in total. The summed E-state index contributed by atoms with van der Waals surface area (Å²) in [6.07, 6.45) is 0. The van der Waals surface area contributed by atoms with E-state index < -0.39 is 10.0 Å². The van der Waals surface area contributed by atoms with Gasteiger partial charge in [-0.3, -0.25) is 9.69 Å². The molecule has 0 radical (unpaired) electrons. The Morgan fingerprint density at radius 2 is 1.47 bits per heavy atom. The maximum atomic E-state index is 13.7. The van der Waals surface area contributed by atoms with Crippen molar-refractivity contribution in [2.45, 2.75) is 46.4 Å². The Morgan fingerprint density at radius 3 is 2.00 bits per heavy atom. The number of anilines is 1. The molecule has 0 aliphatic carbocycles. The molecule has 210 valence electrons. The molecule has 0 atom stereocenters. The van der Waals surface area contributed by atoms with Crippen molar-refractivity contribution in [3.8, 4) is 0 Å². The van der Waals surface area contributed by atoms with E-state index >= 15 is 0 Å². The number of nitrogens with zero attached hydrogens (tertiary/aromatic N) is 4. The lowest BCUT2D eigenvalue weighted by Gasteiger charge is -2.26. The molecule has 0 aliphatic heterocycles. The highest BCUT2D eigenvalue weighted by Gasteiger charge is 2.27. The van der Waals surface area contributed by atoms with Gasteiger partial charge in [-0.25, -0.2) is 13.4 Å². The number of likely N-dealkylation sites (N-methyl/N-ethyl adjacent to an activating group) is 1. The molecular weight excluding hydrogens is 540 g/mol. The van der Waals surface area contributed by atoms with Gasteiger partial charge in [0.2, 0.25) is 10.0 Å². The molecule has 2 aromatic carbocycles. The van der Waals surface area contributed by atoms with Crippen LogP contribution in [0.3, 0.4) is 0 Å². The van der Waals surface area contributed by atoms with Gasteiger partial charge in [0.1, 0.15) is 0 Å². The number of halogens is 1. The first-order valence-corrected chi connectivity index (χ1v) is 15.0. The van der Waals surface area contributed by atoms with Crippen molar-refractivity contribution in [1.29, 1.82) is 0 Å². The van der Waals surface area contributed by atoms with Gasteiger partial charge < -0.3 is 4.90 Å². The van der Waals surface area contributed by atoms with Crippen LogP contribution in [0.5, 0.6) is 0 Å². The second-order valence-corrected chi connectivity index (χ2v) is 13.7. The zero-order chi connectivity index (χ0) is 27.5. The van der Waals surface area contributed by atoms with Crippen molar-refractivity contribution >= 4 is 55.0 Å². The van der Waals surface area contributed by atoms with Crippen molar-refractivity contribution in [3.63, 3.8) is 0 Å². The summed E-state index contributed by atoms with van der Waals surface area (Å²) in [6, 6.07) is 10.5. The third-order valence-corrected chi connectivity index (χ3v) is 9.00. The van der Waals surface area contributed by atoms with Crippen LogP contribution in [0.25, 0.3) is 10.2 Å². The van der Waals surface area contributed by atoms with Crippen molar-refractivity contribution in [1.82, 2.24) is 14.2 Å². The highest BCUT2D eigenvalue weighted by Crippen LogP contribution is 2.32. The summed E-state index contributed by atoms with van der Waals surface area (Å²) < 4.78 is 29.4. The van der Waals surface area contributed by atoms with Gasteiger partial charge in [0.05, 0.1) is 15.1 Å². The Kier molecular flexibility index (Phi) is 11.3. The quantitative estimate of drug-likeness (QED) is 0.285. The van der Waals surface area contributed by atoms with Crippen molar-refractivity contribution in [2.24, 2.45) is 11.8 Å². The third kappa shape index (κ3) is 7.76. The standard InChI is InChI=1S/C28H40N4O3S2.ClH/c1-19(2)17-31(18-20(3)4)37(34,35)24-11-9-23(10-12-24)27(33)32(14-13-30(7)8)28-29-25-15-21(5)22(6)16-26(25)36-28;/h9-12,15-16,19-20H,13-14,17-18H2,1-8H3;1H. The van der Waals surface area contributed by atoms with Gasteiger partial charge in [0, 0.05) is 31.7 Å². The minimum absolute atomic E-state index is 0. The van der Waals surface area contributed by atoms with E-state index in [9.17, 15) is 13.2 Å². The fraction of sp³-hybridized carbons (Fsp3) is 0.500. The van der Waals surface area contributed by atoms with Gasteiger partial charge in [-0.1, -0.05) is 39.0 Å². The number of thiazole rings is 1. The molecule has 0 bridgehead atoms. The van der Waals surface area contributed by atoms with Gasteiger partial charge in [0.15, 0.2) is 5.13 Å². The first kappa shape index (κ1) is 32.2. The Morgan fingerprint density at radius 1 is 0.921 bits per heavy atom. The van der Waals surface area contributed by atoms with Crippen LogP contribution >= 0.6 is 23.7 Å². The van der Waals surface area contributed by atoms with Crippen molar-refractivity contribution < 1.29 is 13.2 Å². The minimum Gasteiger partial charge on any atom is -0.308 e. The minimum atomic E-state index is -3.66. The van der Waals surface area contributed by atoms with Gasteiger partial charge in [0.25, 0.3) is 5.91 Å². The predicted octanol–water partition coefficient (Wildman–Crippen LogP) is 5.85. The summed E-state index contributed by atoms with van der Waals surface area (Å²) >= 11 is 1.50. The lowest BCUT2D eigenvalue weighted by molar-refractivity contribution is 0.0985. The zero-order valence-electron chi connectivity index (χ0n) is 23.7. The average molecular weight is 581 g/mol. The second-order valence-electron chi connectivity index (χ2n) is 10.8. The molecule has 3 aromatic rings. The number of carbonyl (C=O) groups is 1. The molecule has 0 spiro atoms. The number of sulfonamides is 1. The summed E-state index contributed by atoms with van der Waals surface area (Å²) in [5.74, 6) is 0.224. The van der Waals surface area contributed by atoms with Gasteiger partial charge >= 0.3 is 0 Å². The molecule has 1 heterocycles. The summed E-state index contributed by atoms with van der Waals surface area (Å²) in [5, 5.41) is 0.642. The van der Waals surface area contributed by atoms with Gasteiger partial charge in [-0.15, -0.1) is 12.4 Å². The van der Waals surface area contributed by atoms with Crippen LogP contribution in [0.2, 0.25) is 0 Å². The molecule has 0 aliphatic rings. The summed E-state index contributed by atoms with van der Waals surface area (Å²) in [6.45, 7) is 14.2. The molecule has 0 saturated carbocycles. The first-order chi connectivity index (χ1) is 17.3. The van der Waals surface area contributed by atoms with Crippen LogP contribution in [0.1, 0.15) is 49.2 Å². The van der Waals surface area contributed by atoms with E-state index in [1.165, 1.54) is 16.9 Å². The predicted molar refractivity (Wildman–Crippen MR) is 161 cm³/mol. The monoisotopic (exact) mass is 580 g/mol. The maximum absolute atomic E-state index is 13.7. The largest absolute Gasteiger partial charge is 0.308 e. The molecule has 38 heavy (non-hydrogen) atoms. The summed E-state index contributed by atoms with van der Waals surface area (Å²) in [4.78, 5) is 22.4. The Bertz CT molecular complexity index is 1290. The first-order valence-electron chi connectivity index (χ1n) is 12.7. The van der Waals surface area contributed by atoms with E-state index in [1.54, 1.807) is 33.5 Å². The van der Waals surface area contributed by atoms with Crippen LogP contribution in [-0.2, 0) is 10.0 Å². The maximum Gasteiger partial charge on any atom is 0.260 e. The van der Waals surface area contributed by atoms with E-state index in [2.05, 4.69) is 26.0 Å². The molecule has 0 fully saturated rings. The normalized spacial score (nSPS) is 12.1. The van der Waals surface area contributed by atoms with Gasteiger partial charge in [-0.05, 0) is 87.3 Å².